The van der Waals surface area contributed by atoms with Gasteiger partial charge in [-0.1, -0.05) is 47.9 Å². The normalized spacial score (nSPS) is 13.8. The van der Waals surface area contributed by atoms with Gasteiger partial charge in [-0.2, -0.15) is 0 Å². The number of pyridine rings is 1. The van der Waals surface area contributed by atoms with Crippen LogP contribution in [0.4, 0.5) is 0 Å². The summed E-state index contributed by atoms with van der Waals surface area (Å²) in [5.41, 5.74) is 5.35. The minimum atomic E-state index is 0.738. The Morgan fingerprint density at radius 3 is 2.24 bits per heavy atom. The molecule has 2 aromatic carbocycles. The summed E-state index contributed by atoms with van der Waals surface area (Å²) in [6.07, 6.45) is 6.96. The van der Waals surface area contributed by atoms with Crippen molar-refractivity contribution >= 4 is 11.6 Å². The molecule has 0 aliphatic carbocycles. The van der Waals surface area contributed by atoms with E-state index in [4.69, 9.17) is 11.6 Å². The number of halogens is 1. The van der Waals surface area contributed by atoms with E-state index in [9.17, 15) is 0 Å². The van der Waals surface area contributed by atoms with E-state index < -0.39 is 0 Å². The van der Waals surface area contributed by atoms with Gasteiger partial charge < -0.3 is 4.90 Å². The van der Waals surface area contributed by atoms with Crippen LogP contribution in [-0.2, 0) is 6.42 Å². The summed E-state index contributed by atoms with van der Waals surface area (Å²) in [6.45, 7) is 3.78. The summed E-state index contributed by atoms with van der Waals surface area (Å²) in [7, 11) is 0. The maximum Gasteiger partial charge on any atom is 0.113 e. The third-order valence-corrected chi connectivity index (χ3v) is 5.62. The highest BCUT2D eigenvalue weighted by molar-refractivity contribution is 6.30. The van der Waals surface area contributed by atoms with E-state index in [2.05, 4.69) is 46.0 Å². The van der Waals surface area contributed by atoms with Gasteiger partial charge in [-0.25, -0.2) is 4.98 Å². The highest BCUT2D eigenvalue weighted by Crippen LogP contribution is 2.20. The molecule has 0 atom stereocenters. The molecule has 146 valence electrons. The molecule has 4 rings (SSSR count). The predicted molar refractivity (Wildman–Crippen MR) is 121 cm³/mol. The largest absolute Gasteiger partial charge is 0.303 e. The van der Waals surface area contributed by atoms with Crippen molar-refractivity contribution in [1.29, 1.82) is 0 Å². The molecule has 0 unspecified atom stereocenters. The van der Waals surface area contributed by atoms with E-state index in [1.54, 1.807) is 0 Å². The molecule has 1 aliphatic heterocycles. The highest BCUT2D eigenvalue weighted by Gasteiger charge is 2.10. The first kappa shape index (κ1) is 19.7. The molecule has 2 heterocycles. The number of aromatic nitrogens is 1. The minimum Gasteiger partial charge on any atom is -0.303 e. The highest BCUT2D eigenvalue weighted by atomic mass is 35.5. The Balaban J connectivity index is 1.32. The number of likely N-dealkylation sites (tertiary alicyclic amines) is 1. The molecule has 3 aromatic rings. The van der Waals surface area contributed by atoms with E-state index >= 15 is 0 Å². The molecule has 0 bridgehead atoms. The third-order valence-electron chi connectivity index (χ3n) is 5.37. The predicted octanol–water partition coefficient (Wildman–Crippen LogP) is 5.83. The van der Waals surface area contributed by atoms with Crippen molar-refractivity contribution in [1.82, 2.24) is 9.88 Å². The maximum absolute atomic E-state index is 5.95. The second-order valence-electron chi connectivity index (χ2n) is 7.54. The Bertz CT molecular complexity index is 974. The van der Waals surface area contributed by atoms with Gasteiger partial charge in [-0.15, -0.1) is 0 Å². The van der Waals surface area contributed by atoms with E-state index in [1.165, 1.54) is 44.5 Å². The molecule has 0 radical (unpaired) electrons. The molecule has 0 N–H and O–H groups in total. The molecule has 3 heteroatoms. The summed E-state index contributed by atoms with van der Waals surface area (Å²) >= 11 is 5.95. The van der Waals surface area contributed by atoms with Gasteiger partial charge >= 0.3 is 0 Å². The van der Waals surface area contributed by atoms with E-state index in [0.29, 0.717) is 0 Å². The second kappa shape index (κ2) is 9.74. The summed E-state index contributed by atoms with van der Waals surface area (Å²) in [5.74, 6) is 6.38. The van der Waals surface area contributed by atoms with Crippen molar-refractivity contribution in [2.24, 2.45) is 0 Å². The quantitative estimate of drug-likeness (QED) is 0.501. The lowest BCUT2D eigenvalue weighted by Gasteiger charge is -2.13. The van der Waals surface area contributed by atoms with Gasteiger partial charge in [0, 0.05) is 22.3 Å². The summed E-state index contributed by atoms with van der Waals surface area (Å²) in [4.78, 5) is 7.05. The Kier molecular flexibility index (Phi) is 6.62. The van der Waals surface area contributed by atoms with Gasteiger partial charge in [0.1, 0.15) is 5.69 Å². The first-order valence-corrected chi connectivity index (χ1v) is 10.7. The zero-order valence-corrected chi connectivity index (χ0v) is 17.3. The Morgan fingerprint density at radius 2 is 1.55 bits per heavy atom. The lowest BCUT2D eigenvalue weighted by molar-refractivity contribution is 0.334. The molecule has 1 saturated heterocycles. The SMILES string of the molecule is Clc1ccc(-c2ccc(C#Cc3ccc(CCCN4CCCC4)cc3)nc2)cc1. The number of hydrogen-bond donors (Lipinski definition) is 0. The molecular weight excluding hydrogens is 376 g/mol. The zero-order chi connectivity index (χ0) is 19.9. The zero-order valence-electron chi connectivity index (χ0n) is 16.6. The van der Waals surface area contributed by atoms with E-state index in [-0.39, 0.29) is 0 Å². The molecule has 1 aliphatic rings. The minimum absolute atomic E-state index is 0.738. The maximum atomic E-state index is 5.95. The first-order chi connectivity index (χ1) is 14.3. The van der Waals surface area contributed by atoms with Crippen molar-refractivity contribution in [2.45, 2.75) is 25.7 Å². The van der Waals surface area contributed by atoms with E-state index in [0.717, 1.165) is 33.8 Å². The van der Waals surface area contributed by atoms with Crippen LogP contribution >= 0.6 is 11.6 Å². The van der Waals surface area contributed by atoms with Crippen LogP contribution in [0, 0.1) is 11.8 Å². The van der Waals surface area contributed by atoms with Crippen LogP contribution < -0.4 is 0 Å². The van der Waals surface area contributed by atoms with Crippen molar-refractivity contribution in [2.75, 3.05) is 19.6 Å². The second-order valence-corrected chi connectivity index (χ2v) is 7.97. The first-order valence-electron chi connectivity index (χ1n) is 10.3. The average molecular weight is 401 g/mol. The van der Waals surface area contributed by atoms with E-state index in [1.807, 2.05) is 42.6 Å². The van der Waals surface area contributed by atoms with Gasteiger partial charge in [-0.3, -0.25) is 0 Å². The summed E-state index contributed by atoms with van der Waals surface area (Å²) in [6, 6.07) is 20.4. The van der Waals surface area contributed by atoms with Crippen LogP contribution in [0.2, 0.25) is 5.02 Å². The van der Waals surface area contributed by atoms with Gasteiger partial charge in [0.2, 0.25) is 0 Å². The average Bonchev–Trinajstić information content (AvgIpc) is 3.28. The third kappa shape index (κ3) is 5.70. The summed E-state index contributed by atoms with van der Waals surface area (Å²) < 4.78 is 0. The van der Waals surface area contributed by atoms with Crippen molar-refractivity contribution in [3.8, 4) is 23.0 Å². The smallest absolute Gasteiger partial charge is 0.113 e. The monoisotopic (exact) mass is 400 g/mol. The van der Waals surface area contributed by atoms with Crippen LogP contribution in [0.5, 0.6) is 0 Å². The lowest BCUT2D eigenvalue weighted by Crippen LogP contribution is -2.20. The van der Waals surface area contributed by atoms with Gasteiger partial charge in [0.25, 0.3) is 0 Å². The number of aryl methyl sites for hydroxylation is 1. The Morgan fingerprint density at radius 1 is 0.828 bits per heavy atom. The topological polar surface area (TPSA) is 16.1 Å². The molecular formula is C26H25ClN2. The number of hydrogen-bond acceptors (Lipinski definition) is 2. The van der Waals surface area contributed by atoms with Crippen LogP contribution in [0.3, 0.4) is 0 Å². The van der Waals surface area contributed by atoms with Crippen LogP contribution in [0.15, 0.2) is 66.9 Å². The molecule has 0 amide bonds. The van der Waals surface area contributed by atoms with Gasteiger partial charge in [-0.05, 0) is 92.7 Å². The van der Waals surface area contributed by atoms with Crippen LogP contribution in [-0.4, -0.2) is 29.5 Å². The number of benzene rings is 2. The van der Waals surface area contributed by atoms with Crippen LogP contribution in [0.1, 0.15) is 36.1 Å². The molecule has 29 heavy (non-hydrogen) atoms. The number of rotatable bonds is 5. The fourth-order valence-corrected chi connectivity index (χ4v) is 3.81. The van der Waals surface area contributed by atoms with Crippen LogP contribution in [0.25, 0.3) is 11.1 Å². The fraction of sp³-hybridized carbons (Fsp3) is 0.269. The fourth-order valence-electron chi connectivity index (χ4n) is 3.68. The van der Waals surface area contributed by atoms with Gasteiger partial charge in [0.15, 0.2) is 0 Å². The molecule has 1 fully saturated rings. The lowest BCUT2D eigenvalue weighted by atomic mass is 10.1. The Labute approximate surface area is 178 Å². The molecule has 2 nitrogen and oxygen atoms in total. The van der Waals surface area contributed by atoms with Crippen molar-refractivity contribution in [3.63, 3.8) is 0 Å². The molecule has 1 aromatic heterocycles. The van der Waals surface area contributed by atoms with Crippen molar-refractivity contribution < 1.29 is 0 Å². The summed E-state index contributed by atoms with van der Waals surface area (Å²) in [5, 5.41) is 0.738. The van der Waals surface area contributed by atoms with Gasteiger partial charge in [0.05, 0.1) is 0 Å². The number of nitrogens with zero attached hydrogens (tertiary/aromatic N) is 2. The standard InChI is InChI=1S/C26H25ClN2/c27-25-13-10-23(11-14-25)24-12-16-26(28-20-24)15-9-22-7-5-21(6-8-22)4-3-19-29-17-1-2-18-29/h5-8,10-14,16,20H,1-4,17-19H2. The van der Waals surface area contributed by atoms with Crippen molar-refractivity contribution in [3.05, 3.63) is 88.7 Å². The molecule has 0 spiro atoms. The Hall–Kier alpha value is -2.60. The molecule has 0 saturated carbocycles.